The lowest BCUT2D eigenvalue weighted by molar-refractivity contribution is 0.383. The molecule has 1 aromatic rings. The minimum atomic E-state index is 0.377. The zero-order valence-corrected chi connectivity index (χ0v) is 13.7. The van der Waals surface area contributed by atoms with E-state index in [2.05, 4.69) is 27.7 Å². The topological polar surface area (TPSA) is 33.4 Å². The summed E-state index contributed by atoms with van der Waals surface area (Å²) in [6.07, 6.45) is 10.9. The standard InChI is InChI=1S/C18H32O2/c1-5-9-12-14(8-4)16-13-20-18(17(16)19)15(10-6-2)11-7-3/h13-15,19H,5-12H2,1-4H3. The summed E-state index contributed by atoms with van der Waals surface area (Å²) in [6, 6.07) is 0. The van der Waals surface area contributed by atoms with E-state index >= 15 is 0 Å². The molecule has 1 rings (SSSR count). The maximum atomic E-state index is 10.6. The van der Waals surface area contributed by atoms with Crippen molar-refractivity contribution < 1.29 is 9.52 Å². The second kappa shape index (κ2) is 9.10. The summed E-state index contributed by atoms with van der Waals surface area (Å²) in [5.74, 6) is 2.09. The summed E-state index contributed by atoms with van der Waals surface area (Å²) >= 11 is 0. The van der Waals surface area contributed by atoms with Gasteiger partial charge in [0.1, 0.15) is 5.76 Å². The van der Waals surface area contributed by atoms with E-state index in [0.717, 1.165) is 49.8 Å². The Labute approximate surface area is 124 Å². The molecule has 1 atom stereocenters. The lowest BCUT2D eigenvalue weighted by Crippen LogP contribution is -1.99. The van der Waals surface area contributed by atoms with Gasteiger partial charge in [-0.05, 0) is 31.6 Å². The molecule has 20 heavy (non-hydrogen) atoms. The van der Waals surface area contributed by atoms with Gasteiger partial charge in [0, 0.05) is 11.5 Å². The van der Waals surface area contributed by atoms with Crippen LogP contribution >= 0.6 is 0 Å². The van der Waals surface area contributed by atoms with E-state index < -0.39 is 0 Å². The molecule has 1 unspecified atom stereocenters. The predicted octanol–water partition coefficient (Wildman–Crippen LogP) is 6.35. The number of furan rings is 1. The third-order valence-corrected chi connectivity index (χ3v) is 4.30. The van der Waals surface area contributed by atoms with Gasteiger partial charge in [-0.3, -0.25) is 0 Å². The molecule has 0 saturated carbocycles. The van der Waals surface area contributed by atoms with Crippen molar-refractivity contribution in [2.24, 2.45) is 0 Å². The summed E-state index contributed by atoms with van der Waals surface area (Å²) < 4.78 is 5.78. The monoisotopic (exact) mass is 280 g/mol. The minimum absolute atomic E-state index is 0.377. The molecule has 0 aliphatic heterocycles. The van der Waals surface area contributed by atoms with Crippen molar-refractivity contribution in [3.05, 3.63) is 17.6 Å². The zero-order chi connectivity index (χ0) is 15.0. The van der Waals surface area contributed by atoms with Gasteiger partial charge in [-0.1, -0.05) is 53.4 Å². The van der Waals surface area contributed by atoms with E-state index in [4.69, 9.17) is 4.42 Å². The summed E-state index contributed by atoms with van der Waals surface area (Å²) in [7, 11) is 0. The van der Waals surface area contributed by atoms with Gasteiger partial charge in [-0.15, -0.1) is 0 Å². The normalized spacial score (nSPS) is 13.1. The Hall–Kier alpha value is -0.920. The van der Waals surface area contributed by atoms with E-state index in [1.165, 1.54) is 12.8 Å². The average Bonchev–Trinajstić information content (AvgIpc) is 2.82. The molecular formula is C18H32O2. The van der Waals surface area contributed by atoms with Crippen LogP contribution in [0.2, 0.25) is 0 Å². The maximum absolute atomic E-state index is 10.6. The fraction of sp³-hybridized carbons (Fsp3) is 0.778. The van der Waals surface area contributed by atoms with Gasteiger partial charge in [-0.2, -0.15) is 0 Å². The number of hydrogen-bond donors (Lipinski definition) is 1. The van der Waals surface area contributed by atoms with E-state index in [1.54, 1.807) is 0 Å². The van der Waals surface area contributed by atoms with Crippen molar-refractivity contribution >= 4 is 0 Å². The van der Waals surface area contributed by atoms with Crippen LogP contribution < -0.4 is 0 Å². The van der Waals surface area contributed by atoms with E-state index in [-0.39, 0.29) is 0 Å². The highest BCUT2D eigenvalue weighted by Gasteiger charge is 2.24. The molecule has 0 bridgehead atoms. The van der Waals surface area contributed by atoms with Crippen molar-refractivity contribution in [1.29, 1.82) is 0 Å². The Bertz CT molecular complexity index is 361. The molecule has 0 fully saturated rings. The highest BCUT2D eigenvalue weighted by molar-refractivity contribution is 5.38. The van der Waals surface area contributed by atoms with Crippen LogP contribution in [0.1, 0.15) is 102 Å². The fourth-order valence-corrected chi connectivity index (χ4v) is 3.09. The van der Waals surface area contributed by atoms with Crippen LogP contribution in [-0.2, 0) is 0 Å². The molecule has 1 N–H and O–H groups in total. The lowest BCUT2D eigenvalue weighted by atomic mass is 9.90. The molecule has 2 nitrogen and oxygen atoms in total. The molecule has 0 amide bonds. The second-order valence-corrected chi connectivity index (χ2v) is 5.93. The van der Waals surface area contributed by atoms with Gasteiger partial charge in [0.05, 0.1) is 6.26 Å². The third kappa shape index (κ3) is 4.29. The van der Waals surface area contributed by atoms with Crippen molar-refractivity contribution in [3.63, 3.8) is 0 Å². The SMILES string of the molecule is CCCCC(CC)c1coc(C(CCC)CCC)c1O. The predicted molar refractivity (Wildman–Crippen MR) is 85.5 cm³/mol. The maximum Gasteiger partial charge on any atom is 0.160 e. The minimum Gasteiger partial charge on any atom is -0.504 e. The van der Waals surface area contributed by atoms with Crippen LogP contribution in [0.4, 0.5) is 0 Å². The smallest absolute Gasteiger partial charge is 0.160 e. The van der Waals surface area contributed by atoms with Crippen molar-refractivity contribution in [3.8, 4) is 5.75 Å². The second-order valence-electron chi connectivity index (χ2n) is 5.93. The highest BCUT2D eigenvalue weighted by atomic mass is 16.4. The summed E-state index contributed by atoms with van der Waals surface area (Å²) in [4.78, 5) is 0. The van der Waals surface area contributed by atoms with Crippen molar-refractivity contribution in [2.75, 3.05) is 0 Å². The largest absolute Gasteiger partial charge is 0.504 e. The first-order valence-corrected chi connectivity index (χ1v) is 8.49. The number of hydrogen-bond acceptors (Lipinski definition) is 2. The number of aromatic hydroxyl groups is 1. The zero-order valence-electron chi connectivity index (χ0n) is 13.7. The average molecular weight is 280 g/mol. The van der Waals surface area contributed by atoms with Crippen LogP contribution in [0.3, 0.4) is 0 Å². The molecule has 0 aromatic carbocycles. The Morgan fingerprint density at radius 2 is 1.60 bits per heavy atom. The Morgan fingerprint density at radius 3 is 2.10 bits per heavy atom. The lowest BCUT2D eigenvalue weighted by Gasteiger charge is -2.15. The number of rotatable bonds is 10. The molecular weight excluding hydrogens is 248 g/mol. The first kappa shape index (κ1) is 17.1. The Balaban J connectivity index is 2.90. The first-order chi connectivity index (χ1) is 9.69. The van der Waals surface area contributed by atoms with Gasteiger partial charge in [0.25, 0.3) is 0 Å². The molecule has 0 saturated heterocycles. The summed E-state index contributed by atoms with van der Waals surface area (Å²) in [5.41, 5.74) is 1.04. The van der Waals surface area contributed by atoms with Gasteiger partial charge < -0.3 is 9.52 Å². The van der Waals surface area contributed by atoms with Crippen LogP contribution in [0.5, 0.6) is 5.75 Å². The number of unbranched alkanes of at least 4 members (excludes halogenated alkanes) is 1. The van der Waals surface area contributed by atoms with Crippen LogP contribution in [0.25, 0.3) is 0 Å². The molecule has 0 radical (unpaired) electrons. The van der Waals surface area contributed by atoms with Gasteiger partial charge in [0.2, 0.25) is 0 Å². The van der Waals surface area contributed by atoms with Crippen LogP contribution in [0.15, 0.2) is 10.7 Å². The molecule has 116 valence electrons. The van der Waals surface area contributed by atoms with Crippen molar-refractivity contribution in [1.82, 2.24) is 0 Å². The van der Waals surface area contributed by atoms with E-state index in [1.807, 2.05) is 6.26 Å². The van der Waals surface area contributed by atoms with Gasteiger partial charge >= 0.3 is 0 Å². The molecule has 2 heteroatoms. The molecule has 0 aliphatic carbocycles. The summed E-state index contributed by atoms with van der Waals surface area (Å²) in [6.45, 7) is 8.80. The van der Waals surface area contributed by atoms with Crippen LogP contribution in [0, 0.1) is 0 Å². The molecule has 0 spiro atoms. The fourth-order valence-electron chi connectivity index (χ4n) is 3.09. The molecule has 1 aromatic heterocycles. The van der Waals surface area contributed by atoms with E-state index in [9.17, 15) is 5.11 Å². The summed E-state index contributed by atoms with van der Waals surface area (Å²) in [5, 5.41) is 10.6. The Kier molecular flexibility index (Phi) is 7.79. The first-order valence-electron chi connectivity index (χ1n) is 8.49. The Morgan fingerprint density at radius 1 is 0.950 bits per heavy atom. The molecule has 0 aliphatic rings. The molecule has 1 heterocycles. The van der Waals surface area contributed by atoms with Crippen molar-refractivity contribution in [2.45, 2.75) is 90.9 Å². The van der Waals surface area contributed by atoms with E-state index in [0.29, 0.717) is 17.6 Å². The third-order valence-electron chi connectivity index (χ3n) is 4.30. The van der Waals surface area contributed by atoms with Crippen LogP contribution in [-0.4, -0.2) is 5.11 Å². The quantitative estimate of drug-likeness (QED) is 0.541. The van der Waals surface area contributed by atoms with Gasteiger partial charge in [0.15, 0.2) is 5.75 Å². The highest BCUT2D eigenvalue weighted by Crippen LogP contribution is 2.41. The van der Waals surface area contributed by atoms with Gasteiger partial charge in [-0.25, -0.2) is 0 Å².